The van der Waals surface area contributed by atoms with Gasteiger partial charge in [-0.3, -0.25) is 9.69 Å². The summed E-state index contributed by atoms with van der Waals surface area (Å²) in [5, 5.41) is 9.53. The summed E-state index contributed by atoms with van der Waals surface area (Å²) in [5.74, 6) is -1.00. The highest BCUT2D eigenvalue weighted by molar-refractivity contribution is 9.10. The molecule has 0 aliphatic rings. The van der Waals surface area contributed by atoms with Gasteiger partial charge in [-0.1, -0.05) is 0 Å². The lowest BCUT2D eigenvalue weighted by Crippen LogP contribution is -2.49. The molecule has 0 atom stereocenters. The van der Waals surface area contributed by atoms with Gasteiger partial charge in [0.2, 0.25) is 0 Å². The van der Waals surface area contributed by atoms with Crippen molar-refractivity contribution in [3.8, 4) is 0 Å². The van der Waals surface area contributed by atoms with Gasteiger partial charge in [0.15, 0.2) is 0 Å². The molecule has 0 bridgehead atoms. The van der Waals surface area contributed by atoms with Gasteiger partial charge in [-0.15, -0.1) is 0 Å². The van der Waals surface area contributed by atoms with Crippen molar-refractivity contribution < 1.29 is 23.8 Å². The molecule has 0 heterocycles. The molecule has 23 heavy (non-hydrogen) atoms. The van der Waals surface area contributed by atoms with Gasteiger partial charge in [0.1, 0.15) is 11.4 Å². The minimum absolute atomic E-state index is 0.133. The molecular weight excluding hydrogens is 369 g/mol. The SMILES string of the molecule is CC(C)(C)OC(=O)CC(C)(C)N(C(=O)O)c1ccc(F)c(Br)c1. The Labute approximate surface area is 143 Å². The summed E-state index contributed by atoms with van der Waals surface area (Å²) in [7, 11) is 0. The molecule has 7 heteroatoms. The van der Waals surface area contributed by atoms with Gasteiger partial charge in [0, 0.05) is 5.69 Å². The average Bonchev–Trinajstić information content (AvgIpc) is 2.29. The smallest absolute Gasteiger partial charge is 0.412 e. The molecule has 0 aromatic heterocycles. The molecule has 1 amide bonds. The van der Waals surface area contributed by atoms with Crippen molar-refractivity contribution in [3.63, 3.8) is 0 Å². The largest absolute Gasteiger partial charge is 0.465 e. The second kappa shape index (κ2) is 6.86. The molecule has 0 spiro atoms. The number of hydrogen-bond acceptors (Lipinski definition) is 3. The number of ether oxygens (including phenoxy) is 1. The van der Waals surface area contributed by atoms with E-state index in [9.17, 15) is 19.1 Å². The van der Waals surface area contributed by atoms with Crippen molar-refractivity contribution in [2.24, 2.45) is 0 Å². The fourth-order valence-electron chi connectivity index (χ4n) is 2.15. The summed E-state index contributed by atoms with van der Waals surface area (Å²) in [6, 6.07) is 3.88. The summed E-state index contributed by atoms with van der Waals surface area (Å²) >= 11 is 3.03. The first-order valence-electron chi connectivity index (χ1n) is 7.03. The molecule has 0 fully saturated rings. The Balaban J connectivity index is 3.10. The maximum Gasteiger partial charge on any atom is 0.412 e. The van der Waals surface area contributed by atoms with Gasteiger partial charge in [-0.25, -0.2) is 9.18 Å². The number of esters is 1. The van der Waals surface area contributed by atoms with Crippen LogP contribution in [0, 0.1) is 5.82 Å². The lowest BCUT2D eigenvalue weighted by Gasteiger charge is -2.36. The first kappa shape index (κ1) is 19.4. The second-order valence-electron chi connectivity index (χ2n) is 6.79. The number of anilines is 1. The maximum atomic E-state index is 13.4. The lowest BCUT2D eigenvalue weighted by molar-refractivity contribution is -0.155. The molecule has 128 valence electrons. The molecule has 0 aliphatic heterocycles. The lowest BCUT2D eigenvalue weighted by atomic mass is 9.97. The van der Waals surface area contributed by atoms with E-state index in [1.165, 1.54) is 18.2 Å². The zero-order chi connectivity index (χ0) is 18.0. The first-order chi connectivity index (χ1) is 10.3. The van der Waals surface area contributed by atoms with E-state index in [4.69, 9.17) is 4.74 Å². The van der Waals surface area contributed by atoms with Gasteiger partial charge in [0.05, 0.1) is 16.4 Å². The van der Waals surface area contributed by atoms with E-state index < -0.39 is 29.0 Å². The van der Waals surface area contributed by atoms with Crippen LogP contribution in [0.1, 0.15) is 41.0 Å². The summed E-state index contributed by atoms with van der Waals surface area (Å²) in [6.45, 7) is 8.45. The summed E-state index contributed by atoms with van der Waals surface area (Å²) < 4.78 is 18.8. The molecule has 0 saturated carbocycles. The number of carboxylic acid groups (broad SMARTS) is 1. The van der Waals surface area contributed by atoms with E-state index in [0.717, 1.165) is 4.90 Å². The molecule has 0 unspecified atom stereocenters. The fraction of sp³-hybridized carbons (Fsp3) is 0.500. The van der Waals surface area contributed by atoms with Gasteiger partial charge >= 0.3 is 12.1 Å². The Morgan fingerprint density at radius 3 is 2.26 bits per heavy atom. The Hall–Kier alpha value is -1.63. The van der Waals surface area contributed by atoms with Crippen LogP contribution in [-0.2, 0) is 9.53 Å². The van der Waals surface area contributed by atoms with E-state index in [-0.39, 0.29) is 16.6 Å². The number of rotatable bonds is 4. The third-order valence-electron chi connectivity index (χ3n) is 2.95. The van der Waals surface area contributed by atoms with Gasteiger partial charge in [0.25, 0.3) is 0 Å². The monoisotopic (exact) mass is 389 g/mol. The highest BCUT2D eigenvalue weighted by Crippen LogP contribution is 2.31. The molecule has 0 radical (unpaired) electrons. The minimum atomic E-state index is -1.24. The topological polar surface area (TPSA) is 66.8 Å². The minimum Gasteiger partial charge on any atom is -0.465 e. The van der Waals surface area contributed by atoms with Crippen LogP contribution in [0.25, 0.3) is 0 Å². The van der Waals surface area contributed by atoms with Crippen LogP contribution >= 0.6 is 15.9 Å². The van der Waals surface area contributed by atoms with Crippen LogP contribution in [0.4, 0.5) is 14.9 Å². The highest BCUT2D eigenvalue weighted by Gasteiger charge is 2.36. The molecule has 1 rings (SSSR count). The zero-order valence-corrected chi connectivity index (χ0v) is 15.4. The molecule has 1 aromatic carbocycles. The number of nitrogens with zero attached hydrogens (tertiary/aromatic N) is 1. The van der Waals surface area contributed by atoms with Crippen molar-refractivity contribution in [1.29, 1.82) is 0 Å². The summed E-state index contributed by atoms with van der Waals surface area (Å²) in [6.07, 6.45) is -1.37. The van der Waals surface area contributed by atoms with Crippen molar-refractivity contribution in [3.05, 3.63) is 28.5 Å². The first-order valence-corrected chi connectivity index (χ1v) is 7.83. The average molecular weight is 390 g/mol. The summed E-state index contributed by atoms with van der Waals surface area (Å²) in [5.41, 5.74) is -1.45. The maximum absolute atomic E-state index is 13.4. The standard InChI is InChI=1S/C16H21BrFNO4/c1-15(2,3)23-13(20)9-16(4,5)19(14(21)22)10-6-7-12(18)11(17)8-10/h6-8H,9H2,1-5H3,(H,21,22). The Morgan fingerprint density at radius 1 is 1.26 bits per heavy atom. The van der Waals surface area contributed by atoms with Gasteiger partial charge < -0.3 is 9.84 Å². The van der Waals surface area contributed by atoms with Crippen LogP contribution in [0.2, 0.25) is 0 Å². The van der Waals surface area contributed by atoms with Crippen LogP contribution < -0.4 is 4.90 Å². The Bertz CT molecular complexity index is 611. The Kier molecular flexibility index (Phi) is 5.79. The van der Waals surface area contributed by atoms with Crippen LogP contribution in [-0.4, -0.2) is 28.3 Å². The molecule has 0 aliphatic carbocycles. The second-order valence-corrected chi connectivity index (χ2v) is 7.65. The third-order valence-corrected chi connectivity index (χ3v) is 3.56. The number of halogens is 2. The fourth-order valence-corrected chi connectivity index (χ4v) is 2.52. The van der Waals surface area contributed by atoms with Crippen molar-refractivity contribution >= 4 is 33.7 Å². The zero-order valence-electron chi connectivity index (χ0n) is 13.8. The van der Waals surface area contributed by atoms with Crippen LogP contribution in [0.5, 0.6) is 0 Å². The van der Waals surface area contributed by atoms with Crippen LogP contribution in [0.15, 0.2) is 22.7 Å². The van der Waals surface area contributed by atoms with E-state index in [1.807, 2.05) is 0 Å². The number of hydrogen-bond donors (Lipinski definition) is 1. The van der Waals surface area contributed by atoms with Gasteiger partial charge in [-0.05, 0) is 68.7 Å². The third kappa shape index (κ3) is 5.49. The van der Waals surface area contributed by atoms with Crippen molar-refractivity contribution in [2.75, 3.05) is 4.90 Å². The molecule has 1 aromatic rings. The predicted octanol–water partition coefficient (Wildman–Crippen LogP) is 4.58. The van der Waals surface area contributed by atoms with E-state index in [1.54, 1.807) is 34.6 Å². The summed E-state index contributed by atoms with van der Waals surface area (Å²) in [4.78, 5) is 24.7. The van der Waals surface area contributed by atoms with E-state index in [0.29, 0.717) is 0 Å². The van der Waals surface area contributed by atoms with E-state index in [2.05, 4.69) is 15.9 Å². The number of carbonyl (C=O) groups excluding carboxylic acids is 1. The number of amides is 1. The quantitative estimate of drug-likeness (QED) is 0.765. The van der Waals surface area contributed by atoms with Crippen molar-refractivity contribution in [2.45, 2.75) is 52.2 Å². The van der Waals surface area contributed by atoms with Crippen molar-refractivity contribution in [1.82, 2.24) is 0 Å². The normalized spacial score (nSPS) is 12.0. The number of benzene rings is 1. The molecule has 1 N–H and O–H groups in total. The number of carbonyl (C=O) groups is 2. The van der Waals surface area contributed by atoms with Gasteiger partial charge in [-0.2, -0.15) is 0 Å². The highest BCUT2D eigenvalue weighted by atomic mass is 79.9. The molecule has 0 saturated heterocycles. The molecule has 5 nitrogen and oxygen atoms in total. The molecular formula is C16H21BrFNO4. The van der Waals surface area contributed by atoms with Crippen LogP contribution in [0.3, 0.4) is 0 Å². The predicted molar refractivity (Wildman–Crippen MR) is 89.1 cm³/mol. The van der Waals surface area contributed by atoms with E-state index >= 15 is 0 Å². The Morgan fingerprint density at radius 2 is 1.83 bits per heavy atom.